The molecule has 17 heavy (non-hydrogen) atoms. The van der Waals surface area contributed by atoms with Crippen molar-refractivity contribution in [3.8, 4) is 5.75 Å². The lowest BCUT2D eigenvalue weighted by molar-refractivity contribution is -0.137. The van der Waals surface area contributed by atoms with Crippen LogP contribution in [0.1, 0.15) is 12.0 Å². The monoisotopic (exact) mass is 245 g/mol. The summed E-state index contributed by atoms with van der Waals surface area (Å²) >= 11 is 0. The highest BCUT2D eigenvalue weighted by molar-refractivity contribution is 5.28. The molecule has 1 aromatic carbocycles. The molecule has 5 heteroatoms. The molecule has 2 rings (SSSR count). The predicted molar refractivity (Wildman–Crippen MR) is 57.6 cm³/mol. The third-order valence-corrected chi connectivity index (χ3v) is 3.02. The highest BCUT2D eigenvalue weighted by Crippen LogP contribution is 2.37. The Labute approximate surface area is 97.6 Å². The van der Waals surface area contributed by atoms with E-state index in [2.05, 4.69) is 0 Å². The van der Waals surface area contributed by atoms with E-state index in [1.807, 2.05) is 0 Å². The molecule has 1 aliphatic rings. The maximum Gasteiger partial charge on any atom is 0.416 e. The zero-order chi connectivity index (χ0) is 12.5. The fraction of sp³-hybridized carbons (Fsp3) is 0.500. The molecule has 1 saturated carbocycles. The van der Waals surface area contributed by atoms with Crippen LogP contribution in [0, 0.1) is 11.8 Å². The van der Waals surface area contributed by atoms with Gasteiger partial charge in [-0.25, -0.2) is 0 Å². The van der Waals surface area contributed by atoms with Gasteiger partial charge in [-0.05, 0) is 49.1 Å². The van der Waals surface area contributed by atoms with Crippen LogP contribution >= 0.6 is 0 Å². The lowest BCUT2D eigenvalue weighted by Crippen LogP contribution is -2.08. The summed E-state index contributed by atoms with van der Waals surface area (Å²) in [5.41, 5.74) is 4.82. The van der Waals surface area contributed by atoms with E-state index >= 15 is 0 Å². The van der Waals surface area contributed by atoms with Gasteiger partial charge in [-0.2, -0.15) is 13.2 Å². The van der Waals surface area contributed by atoms with Crippen molar-refractivity contribution in [3.63, 3.8) is 0 Å². The Bertz CT molecular complexity index is 374. The fourth-order valence-electron chi connectivity index (χ4n) is 1.75. The minimum Gasteiger partial charge on any atom is -0.493 e. The van der Waals surface area contributed by atoms with E-state index in [1.165, 1.54) is 12.1 Å². The van der Waals surface area contributed by atoms with Crippen molar-refractivity contribution in [1.82, 2.24) is 0 Å². The molecule has 1 aromatic rings. The molecule has 0 amide bonds. The van der Waals surface area contributed by atoms with E-state index in [1.54, 1.807) is 0 Å². The molecule has 94 valence electrons. The van der Waals surface area contributed by atoms with Gasteiger partial charge in [0.05, 0.1) is 12.2 Å². The maximum absolute atomic E-state index is 12.3. The smallest absolute Gasteiger partial charge is 0.416 e. The molecule has 2 atom stereocenters. The predicted octanol–water partition coefficient (Wildman–Crippen LogP) is 2.68. The van der Waals surface area contributed by atoms with Gasteiger partial charge in [-0.1, -0.05) is 0 Å². The summed E-state index contributed by atoms with van der Waals surface area (Å²) in [6, 6.07) is 4.76. The Hall–Kier alpha value is -1.23. The molecule has 0 aliphatic heterocycles. The van der Waals surface area contributed by atoms with Gasteiger partial charge in [0.15, 0.2) is 0 Å². The third kappa shape index (κ3) is 3.12. The first-order chi connectivity index (χ1) is 8.00. The van der Waals surface area contributed by atoms with Crippen LogP contribution < -0.4 is 10.5 Å². The van der Waals surface area contributed by atoms with Crippen LogP contribution in [0.5, 0.6) is 5.75 Å². The SMILES string of the molecule is NCC1CC1COc1ccc(C(F)(F)F)cc1. The summed E-state index contributed by atoms with van der Waals surface area (Å²) in [7, 11) is 0. The largest absolute Gasteiger partial charge is 0.493 e. The molecule has 2 N–H and O–H groups in total. The average molecular weight is 245 g/mol. The topological polar surface area (TPSA) is 35.2 Å². The molecule has 0 heterocycles. The number of hydrogen-bond acceptors (Lipinski definition) is 2. The van der Waals surface area contributed by atoms with Crippen LogP contribution in [0.4, 0.5) is 13.2 Å². The summed E-state index contributed by atoms with van der Waals surface area (Å²) in [5, 5.41) is 0. The van der Waals surface area contributed by atoms with E-state index < -0.39 is 11.7 Å². The molecule has 1 aliphatic carbocycles. The van der Waals surface area contributed by atoms with Crippen molar-refractivity contribution in [2.45, 2.75) is 12.6 Å². The molecular formula is C12H14F3NO. The first kappa shape index (κ1) is 12.2. The maximum atomic E-state index is 12.3. The van der Waals surface area contributed by atoms with Gasteiger partial charge in [0, 0.05) is 0 Å². The summed E-state index contributed by atoms with van der Waals surface area (Å²) in [6.07, 6.45) is -3.24. The quantitative estimate of drug-likeness (QED) is 0.885. The van der Waals surface area contributed by atoms with Crippen molar-refractivity contribution in [3.05, 3.63) is 29.8 Å². The standard InChI is InChI=1S/C12H14F3NO/c13-12(14,15)10-1-3-11(4-2-10)17-7-9-5-8(9)6-16/h1-4,8-9H,5-7,16H2. The molecule has 0 radical (unpaired) electrons. The molecular weight excluding hydrogens is 231 g/mol. The van der Waals surface area contributed by atoms with Crippen LogP contribution in [0.2, 0.25) is 0 Å². The highest BCUT2D eigenvalue weighted by atomic mass is 19.4. The number of halogens is 3. The molecule has 0 spiro atoms. The van der Waals surface area contributed by atoms with Crippen LogP contribution in [0.3, 0.4) is 0 Å². The van der Waals surface area contributed by atoms with Gasteiger partial charge in [0.2, 0.25) is 0 Å². The zero-order valence-electron chi connectivity index (χ0n) is 9.20. The first-order valence-electron chi connectivity index (χ1n) is 5.51. The summed E-state index contributed by atoms with van der Waals surface area (Å²) in [6.45, 7) is 1.19. The van der Waals surface area contributed by atoms with Crippen molar-refractivity contribution >= 4 is 0 Å². The lowest BCUT2D eigenvalue weighted by Gasteiger charge is -2.09. The van der Waals surface area contributed by atoms with Crippen LogP contribution in [-0.4, -0.2) is 13.2 Å². The Morgan fingerprint density at radius 1 is 1.18 bits per heavy atom. The highest BCUT2D eigenvalue weighted by Gasteiger charge is 2.36. The van der Waals surface area contributed by atoms with Crippen molar-refractivity contribution < 1.29 is 17.9 Å². The minimum atomic E-state index is -4.29. The Kier molecular flexibility index (Phi) is 3.28. The molecule has 0 saturated heterocycles. The normalized spacial score (nSPS) is 23.5. The van der Waals surface area contributed by atoms with Crippen LogP contribution in [-0.2, 0) is 6.18 Å². The molecule has 0 bridgehead atoms. The Morgan fingerprint density at radius 2 is 1.82 bits per heavy atom. The number of nitrogens with two attached hydrogens (primary N) is 1. The second-order valence-corrected chi connectivity index (χ2v) is 4.32. The number of rotatable bonds is 4. The number of benzene rings is 1. The number of hydrogen-bond donors (Lipinski definition) is 1. The average Bonchev–Trinajstić information content (AvgIpc) is 3.04. The van der Waals surface area contributed by atoms with Crippen molar-refractivity contribution in [2.24, 2.45) is 17.6 Å². The Balaban J connectivity index is 1.86. The van der Waals surface area contributed by atoms with Gasteiger partial charge in [-0.15, -0.1) is 0 Å². The summed E-state index contributed by atoms with van der Waals surface area (Å²) in [5.74, 6) is 1.45. The van der Waals surface area contributed by atoms with Gasteiger partial charge >= 0.3 is 6.18 Å². The van der Waals surface area contributed by atoms with Crippen LogP contribution in [0.25, 0.3) is 0 Å². The van der Waals surface area contributed by atoms with Gasteiger partial charge in [0.1, 0.15) is 5.75 Å². The Morgan fingerprint density at radius 3 is 2.29 bits per heavy atom. The molecule has 1 fully saturated rings. The van der Waals surface area contributed by atoms with E-state index in [4.69, 9.17) is 10.5 Å². The van der Waals surface area contributed by atoms with E-state index in [9.17, 15) is 13.2 Å². The molecule has 0 aromatic heterocycles. The lowest BCUT2D eigenvalue weighted by atomic mass is 10.2. The van der Waals surface area contributed by atoms with Crippen LogP contribution in [0.15, 0.2) is 24.3 Å². The second kappa shape index (κ2) is 4.56. The van der Waals surface area contributed by atoms with Crippen molar-refractivity contribution in [1.29, 1.82) is 0 Å². The first-order valence-corrected chi connectivity index (χ1v) is 5.51. The van der Waals surface area contributed by atoms with E-state index in [-0.39, 0.29) is 0 Å². The number of ether oxygens (including phenoxy) is 1. The zero-order valence-corrected chi connectivity index (χ0v) is 9.20. The third-order valence-electron chi connectivity index (χ3n) is 3.02. The summed E-state index contributed by atoms with van der Waals surface area (Å²) in [4.78, 5) is 0. The van der Waals surface area contributed by atoms with Gasteiger partial charge in [0.25, 0.3) is 0 Å². The molecule has 2 nitrogen and oxygen atoms in total. The summed E-state index contributed by atoms with van der Waals surface area (Å²) < 4.78 is 42.3. The fourth-order valence-corrected chi connectivity index (χ4v) is 1.75. The van der Waals surface area contributed by atoms with E-state index in [0.29, 0.717) is 30.7 Å². The van der Waals surface area contributed by atoms with E-state index in [0.717, 1.165) is 18.6 Å². The second-order valence-electron chi connectivity index (χ2n) is 4.32. The van der Waals surface area contributed by atoms with Gasteiger partial charge in [-0.3, -0.25) is 0 Å². The number of alkyl halides is 3. The van der Waals surface area contributed by atoms with Gasteiger partial charge < -0.3 is 10.5 Å². The van der Waals surface area contributed by atoms with Crippen molar-refractivity contribution in [2.75, 3.05) is 13.2 Å². The molecule has 2 unspecified atom stereocenters. The minimum absolute atomic E-state index is 0.460.